The Bertz CT molecular complexity index is 170. The highest BCUT2D eigenvalue weighted by atomic mass is 16.7. The van der Waals surface area contributed by atoms with E-state index in [2.05, 4.69) is 0 Å². The van der Waals surface area contributed by atoms with Crippen LogP contribution in [0.1, 0.15) is 0 Å². The molecule has 0 unspecified atom stereocenters. The highest BCUT2D eigenvalue weighted by molar-refractivity contribution is 5.69. The van der Waals surface area contributed by atoms with Crippen LogP contribution in [0.5, 0.6) is 0 Å². The zero-order chi connectivity index (χ0) is 9.19. The molecular weight excluding hydrogens is 162 g/mol. The van der Waals surface area contributed by atoms with Gasteiger partial charge in [-0.05, 0) is 0 Å². The maximum Gasteiger partial charge on any atom is 0.317 e. The summed E-state index contributed by atoms with van der Waals surface area (Å²) in [5, 5.41) is 8.44. The van der Waals surface area contributed by atoms with Crippen LogP contribution in [0.25, 0.3) is 0 Å². The lowest BCUT2D eigenvalue weighted by Gasteiger charge is -2.46. The molecule has 0 radical (unpaired) electrons. The van der Waals surface area contributed by atoms with Crippen LogP contribution >= 0.6 is 0 Å². The molecule has 5 nitrogen and oxygen atoms in total. The van der Waals surface area contributed by atoms with Crippen molar-refractivity contribution in [3.63, 3.8) is 0 Å². The number of ether oxygens (including phenoxy) is 2. The molecule has 1 aliphatic rings. The number of hydrogen-bond acceptors (Lipinski definition) is 4. The van der Waals surface area contributed by atoms with Gasteiger partial charge in [0, 0.05) is 14.2 Å². The fourth-order valence-corrected chi connectivity index (χ4v) is 1.28. The Labute approximate surface area is 70.9 Å². The number of aliphatic carboxylic acids is 1. The van der Waals surface area contributed by atoms with Crippen LogP contribution in [0.2, 0.25) is 0 Å². The number of rotatable bonds is 4. The Morgan fingerprint density at radius 1 is 1.50 bits per heavy atom. The predicted molar refractivity (Wildman–Crippen MR) is 40.8 cm³/mol. The van der Waals surface area contributed by atoms with E-state index in [1.54, 1.807) is 19.1 Å². The van der Waals surface area contributed by atoms with E-state index < -0.39 is 11.8 Å². The summed E-state index contributed by atoms with van der Waals surface area (Å²) in [6, 6.07) is 0. The van der Waals surface area contributed by atoms with Crippen molar-refractivity contribution in [2.45, 2.75) is 5.79 Å². The predicted octanol–water partition coefficient (Wildman–Crippen LogP) is -0.624. The van der Waals surface area contributed by atoms with E-state index >= 15 is 0 Å². The average Bonchev–Trinajstić information content (AvgIpc) is 1.95. The second-order valence-corrected chi connectivity index (χ2v) is 2.86. The summed E-state index contributed by atoms with van der Waals surface area (Å²) in [5.74, 6) is -1.40. The number of carboxylic acids is 1. The molecule has 0 bridgehead atoms. The third-order valence-corrected chi connectivity index (χ3v) is 2.03. The van der Waals surface area contributed by atoms with Gasteiger partial charge in [0.1, 0.15) is 0 Å². The molecule has 1 aliphatic heterocycles. The van der Waals surface area contributed by atoms with Crippen LogP contribution in [0, 0.1) is 0 Å². The highest BCUT2D eigenvalue weighted by Gasteiger charge is 2.44. The van der Waals surface area contributed by atoms with E-state index in [-0.39, 0.29) is 6.54 Å². The third kappa shape index (κ3) is 1.74. The lowest BCUT2D eigenvalue weighted by molar-refractivity contribution is -0.274. The number of nitrogens with zero attached hydrogens (tertiary/aromatic N) is 1. The molecule has 5 heteroatoms. The zero-order valence-electron chi connectivity index (χ0n) is 7.24. The first-order chi connectivity index (χ1) is 5.62. The van der Waals surface area contributed by atoms with Crippen LogP contribution in [-0.2, 0) is 14.3 Å². The monoisotopic (exact) mass is 175 g/mol. The Morgan fingerprint density at radius 2 is 2.00 bits per heavy atom. The molecule has 12 heavy (non-hydrogen) atoms. The number of methoxy groups -OCH3 is 2. The second-order valence-electron chi connectivity index (χ2n) is 2.86. The summed E-state index contributed by atoms with van der Waals surface area (Å²) in [6.07, 6.45) is 0. The van der Waals surface area contributed by atoms with E-state index in [9.17, 15) is 4.79 Å². The summed E-state index contributed by atoms with van der Waals surface area (Å²) in [4.78, 5) is 12.0. The van der Waals surface area contributed by atoms with Crippen LogP contribution < -0.4 is 0 Å². The van der Waals surface area contributed by atoms with Gasteiger partial charge in [0.15, 0.2) is 5.79 Å². The molecule has 0 aliphatic carbocycles. The van der Waals surface area contributed by atoms with Crippen molar-refractivity contribution < 1.29 is 19.4 Å². The van der Waals surface area contributed by atoms with Gasteiger partial charge in [-0.25, -0.2) is 0 Å². The Kier molecular flexibility index (Phi) is 2.66. The van der Waals surface area contributed by atoms with Crippen LogP contribution in [0.4, 0.5) is 0 Å². The molecule has 1 saturated heterocycles. The van der Waals surface area contributed by atoms with Crippen molar-refractivity contribution in [3.8, 4) is 0 Å². The fourth-order valence-electron chi connectivity index (χ4n) is 1.28. The van der Waals surface area contributed by atoms with Crippen molar-refractivity contribution in [2.24, 2.45) is 0 Å². The lowest BCUT2D eigenvalue weighted by atomic mass is 10.1. The minimum Gasteiger partial charge on any atom is -0.480 e. The van der Waals surface area contributed by atoms with E-state index in [1.165, 1.54) is 0 Å². The summed E-state index contributed by atoms with van der Waals surface area (Å²) < 4.78 is 10.2. The number of carbonyl (C=O) groups is 1. The van der Waals surface area contributed by atoms with E-state index in [0.717, 1.165) is 0 Å². The molecule has 0 spiro atoms. The first-order valence-electron chi connectivity index (χ1n) is 3.66. The molecule has 1 fully saturated rings. The maximum absolute atomic E-state index is 10.3. The summed E-state index contributed by atoms with van der Waals surface area (Å²) >= 11 is 0. The van der Waals surface area contributed by atoms with Gasteiger partial charge >= 0.3 is 5.97 Å². The maximum atomic E-state index is 10.3. The van der Waals surface area contributed by atoms with Crippen molar-refractivity contribution in [3.05, 3.63) is 0 Å². The zero-order valence-corrected chi connectivity index (χ0v) is 7.24. The molecular formula is C7H13NO4. The molecule has 0 amide bonds. The minimum absolute atomic E-state index is 0.0501. The molecule has 1 heterocycles. The number of hydrogen-bond donors (Lipinski definition) is 1. The van der Waals surface area contributed by atoms with Crippen LogP contribution in [-0.4, -0.2) is 55.6 Å². The topological polar surface area (TPSA) is 59.0 Å². The molecule has 1 rings (SSSR count). The first kappa shape index (κ1) is 9.44. The molecule has 1 N–H and O–H groups in total. The van der Waals surface area contributed by atoms with E-state index in [0.29, 0.717) is 13.1 Å². The van der Waals surface area contributed by atoms with Crippen LogP contribution in [0.3, 0.4) is 0 Å². The molecule has 0 aromatic carbocycles. The summed E-state index contributed by atoms with van der Waals surface area (Å²) in [7, 11) is 3.11. The molecule has 70 valence electrons. The van der Waals surface area contributed by atoms with E-state index in [1.807, 2.05) is 0 Å². The van der Waals surface area contributed by atoms with Gasteiger partial charge in [0.05, 0.1) is 19.6 Å². The molecule has 0 atom stereocenters. The molecule has 0 saturated carbocycles. The Balaban J connectivity index is 2.30. The number of carboxylic acid groups (broad SMARTS) is 1. The van der Waals surface area contributed by atoms with Gasteiger partial charge in [-0.3, -0.25) is 9.69 Å². The van der Waals surface area contributed by atoms with Gasteiger partial charge in [-0.15, -0.1) is 0 Å². The van der Waals surface area contributed by atoms with Crippen LogP contribution in [0.15, 0.2) is 0 Å². The summed E-state index contributed by atoms with van der Waals surface area (Å²) in [5.41, 5.74) is 0. The van der Waals surface area contributed by atoms with Crippen molar-refractivity contribution in [2.75, 3.05) is 33.9 Å². The minimum atomic E-state index is -0.823. The van der Waals surface area contributed by atoms with Gasteiger partial charge in [0.2, 0.25) is 0 Å². The third-order valence-electron chi connectivity index (χ3n) is 2.03. The van der Waals surface area contributed by atoms with Gasteiger partial charge in [-0.2, -0.15) is 0 Å². The van der Waals surface area contributed by atoms with Gasteiger partial charge in [-0.1, -0.05) is 0 Å². The standard InChI is InChI=1S/C7H13NO4/c1-11-7(12-2)4-8(5-7)3-6(9)10/h3-5H2,1-2H3,(H,9,10). The second kappa shape index (κ2) is 3.38. The Hall–Kier alpha value is -0.650. The van der Waals surface area contributed by atoms with Crippen molar-refractivity contribution in [1.82, 2.24) is 4.90 Å². The van der Waals surface area contributed by atoms with Crippen molar-refractivity contribution in [1.29, 1.82) is 0 Å². The van der Waals surface area contributed by atoms with Gasteiger partial charge < -0.3 is 14.6 Å². The summed E-state index contributed by atoms with van der Waals surface area (Å²) in [6.45, 7) is 1.09. The van der Waals surface area contributed by atoms with Crippen molar-refractivity contribution >= 4 is 5.97 Å². The smallest absolute Gasteiger partial charge is 0.317 e. The Morgan fingerprint density at radius 3 is 2.33 bits per heavy atom. The van der Waals surface area contributed by atoms with Gasteiger partial charge in [0.25, 0.3) is 0 Å². The fraction of sp³-hybridized carbons (Fsp3) is 0.857. The normalized spacial score (nSPS) is 21.8. The average molecular weight is 175 g/mol. The molecule has 0 aromatic rings. The highest BCUT2D eigenvalue weighted by Crippen LogP contribution is 2.24. The largest absolute Gasteiger partial charge is 0.480 e. The van der Waals surface area contributed by atoms with E-state index in [4.69, 9.17) is 14.6 Å². The lowest BCUT2D eigenvalue weighted by Crippen LogP contribution is -2.64. The quantitative estimate of drug-likeness (QED) is 0.577. The SMILES string of the molecule is COC1(OC)CN(CC(=O)O)C1. The number of likely N-dealkylation sites (tertiary alicyclic amines) is 1. The molecule has 0 aromatic heterocycles. The first-order valence-corrected chi connectivity index (χ1v) is 3.66.